The SMILES string of the molecule is COc1ccc([C@H]2Cn3cnc(C(=O)N4CCC(C(=O)Nc5ccc(F)cc5)CC4)c3CO2)cc1. The molecule has 2 aromatic carbocycles. The van der Waals surface area contributed by atoms with E-state index in [4.69, 9.17) is 9.47 Å². The lowest BCUT2D eigenvalue weighted by Gasteiger charge is -2.31. The zero-order valence-corrected chi connectivity index (χ0v) is 19.4. The number of nitrogens with zero attached hydrogens (tertiary/aromatic N) is 3. The molecule has 5 rings (SSSR count). The summed E-state index contributed by atoms with van der Waals surface area (Å²) >= 11 is 0. The van der Waals surface area contributed by atoms with E-state index in [0.717, 1.165) is 17.0 Å². The summed E-state index contributed by atoms with van der Waals surface area (Å²) in [5.74, 6) is -0.00675. The van der Waals surface area contributed by atoms with E-state index in [1.165, 1.54) is 24.3 Å². The van der Waals surface area contributed by atoms with Crippen LogP contribution in [0.4, 0.5) is 10.1 Å². The van der Waals surface area contributed by atoms with Gasteiger partial charge < -0.3 is 24.3 Å². The molecule has 1 aromatic heterocycles. The van der Waals surface area contributed by atoms with Crippen molar-refractivity contribution in [2.75, 3.05) is 25.5 Å². The number of anilines is 1. The molecule has 0 spiro atoms. The normalized spacial score (nSPS) is 18.1. The van der Waals surface area contributed by atoms with Gasteiger partial charge in [-0.25, -0.2) is 9.37 Å². The van der Waals surface area contributed by atoms with Gasteiger partial charge in [-0.1, -0.05) is 12.1 Å². The number of carbonyl (C=O) groups is 2. The molecule has 1 fully saturated rings. The van der Waals surface area contributed by atoms with E-state index in [9.17, 15) is 14.0 Å². The Balaban J connectivity index is 1.18. The standard InChI is InChI=1S/C26H27FN4O4/c1-34-21-8-2-17(3-9-21)23-14-31-16-28-24(22(31)15-35-23)26(33)30-12-10-18(11-13-30)25(32)29-20-6-4-19(27)5-7-20/h2-9,16,18,23H,10-15H2,1H3,(H,29,32)/t23-/m1/s1. The zero-order chi connectivity index (χ0) is 24.4. The summed E-state index contributed by atoms with van der Waals surface area (Å²) in [6, 6.07) is 13.5. The quantitative estimate of drug-likeness (QED) is 0.603. The molecule has 1 atom stereocenters. The molecule has 3 heterocycles. The van der Waals surface area contributed by atoms with Gasteiger partial charge in [0.1, 0.15) is 17.7 Å². The second-order valence-corrected chi connectivity index (χ2v) is 8.83. The molecule has 182 valence electrons. The monoisotopic (exact) mass is 478 g/mol. The summed E-state index contributed by atoms with van der Waals surface area (Å²) in [6.07, 6.45) is 2.70. The topological polar surface area (TPSA) is 85.7 Å². The van der Waals surface area contributed by atoms with Crippen molar-refractivity contribution in [2.24, 2.45) is 5.92 Å². The fourth-order valence-electron chi connectivity index (χ4n) is 4.60. The van der Waals surface area contributed by atoms with Gasteiger partial charge in [0.25, 0.3) is 5.91 Å². The Morgan fingerprint density at radius 3 is 2.49 bits per heavy atom. The molecule has 3 aromatic rings. The molecule has 1 N–H and O–H groups in total. The van der Waals surface area contributed by atoms with E-state index >= 15 is 0 Å². The van der Waals surface area contributed by atoms with Crippen LogP contribution in [-0.4, -0.2) is 46.5 Å². The van der Waals surface area contributed by atoms with Crippen molar-refractivity contribution in [3.8, 4) is 5.75 Å². The molecule has 0 unspecified atom stereocenters. The average molecular weight is 479 g/mol. The number of carbonyl (C=O) groups excluding carboxylic acids is 2. The summed E-state index contributed by atoms with van der Waals surface area (Å²) in [5.41, 5.74) is 2.79. The molecule has 0 saturated carbocycles. The van der Waals surface area contributed by atoms with Crippen molar-refractivity contribution in [3.05, 3.63) is 77.6 Å². The minimum absolute atomic E-state index is 0.110. The minimum Gasteiger partial charge on any atom is -0.497 e. The molecule has 8 nitrogen and oxygen atoms in total. The summed E-state index contributed by atoms with van der Waals surface area (Å²) in [6.45, 7) is 1.83. The minimum atomic E-state index is -0.349. The summed E-state index contributed by atoms with van der Waals surface area (Å²) in [7, 11) is 1.63. The first-order chi connectivity index (χ1) is 17.0. The van der Waals surface area contributed by atoms with Crippen LogP contribution in [0.25, 0.3) is 0 Å². The van der Waals surface area contributed by atoms with Crippen molar-refractivity contribution in [2.45, 2.75) is 32.1 Å². The average Bonchev–Trinajstić information content (AvgIpc) is 3.33. The first-order valence-electron chi connectivity index (χ1n) is 11.7. The largest absolute Gasteiger partial charge is 0.497 e. The Labute approximate surface area is 202 Å². The maximum Gasteiger partial charge on any atom is 0.274 e. The first kappa shape index (κ1) is 23.0. The Hall–Kier alpha value is -3.72. The number of hydrogen-bond acceptors (Lipinski definition) is 5. The molecule has 2 aliphatic heterocycles. The van der Waals surface area contributed by atoms with Crippen LogP contribution in [0.5, 0.6) is 5.75 Å². The smallest absolute Gasteiger partial charge is 0.274 e. The lowest BCUT2D eigenvalue weighted by Crippen LogP contribution is -2.42. The number of benzene rings is 2. The highest BCUT2D eigenvalue weighted by Gasteiger charge is 2.32. The molecule has 35 heavy (non-hydrogen) atoms. The second-order valence-electron chi connectivity index (χ2n) is 8.83. The number of ether oxygens (including phenoxy) is 2. The predicted molar refractivity (Wildman–Crippen MR) is 126 cm³/mol. The van der Waals surface area contributed by atoms with E-state index in [-0.39, 0.29) is 29.7 Å². The number of piperidine rings is 1. The summed E-state index contributed by atoms with van der Waals surface area (Å²) < 4.78 is 26.3. The number of fused-ring (bicyclic) bond motifs is 1. The zero-order valence-electron chi connectivity index (χ0n) is 19.4. The maximum atomic E-state index is 13.2. The van der Waals surface area contributed by atoms with Crippen LogP contribution in [0.3, 0.4) is 0 Å². The van der Waals surface area contributed by atoms with Gasteiger partial charge >= 0.3 is 0 Å². The Kier molecular flexibility index (Phi) is 6.50. The molecule has 9 heteroatoms. The summed E-state index contributed by atoms with van der Waals surface area (Å²) in [4.78, 5) is 31.9. The van der Waals surface area contributed by atoms with E-state index in [1.807, 2.05) is 28.8 Å². The van der Waals surface area contributed by atoms with Gasteiger partial charge in [0.2, 0.25) is 5.91 Å². The number of rotatable bonds is 5. The second kappa shape index (κ2) is 9.87. The number of aromatic nitrogens is 2. The Morgan fingerprint density at radius 1 is 1.09 bits per heavy atom. The molecule has 2 amide bonds. The number of halogens is 1. The lowest BCUT2D eigenvalue weighted by atomic mass is 9.95. The number of amides is 2. The van der Waals surface area contributed by atoms with Gasteiger partial charge in [0.05, 0.1) is 32.3 Å². The van der Waals surface area contributed by atoms with Gasteiger partial charge in [-0.05, 0) is 54.8 Å². The lowest BCUT2D eigenvalue weighted by molar-refractivity contribution is -0.121. The van der Waals surface area contributed by atoms with E-state index < -0.39 is 0 Å². The fraction of sp³-hybridized carbons (Fsp3) is 0.346. The van der Waals surface area contributed by atoms with E-state index in [1.54, 1.807) is 18.3 Å². The molecular weight excluding hydrogens is 451 g/mol. The Bertz CT molecular complexity index is 1200. The van der Waals surface area contributed by atoms with Crippen LogP contribution in [0.2, 0.25) is 0 Å². The third-order valence-electron chi connectivity index (χ3n) is 6.68. The number of hydrogen-bond donors (Lipinski definition) is 1. The van der Waals surface area contributed by atoms with E-state index in [2.05, 4.69) is 10.3 Å². The van der Waals surface area contributed by atoms with Crippen molar-refractivity contribution in [1.82, 2.24) is 14.5 Å². The van der Waals surface area contributed by atoms with Crippen LogP contribution >= 0.6 is 0 Å². The highest BCUT2D eigenvalue weighted by molar-refractivity contribution is 5.95. The fourth-order valence-corrected chi connectivity index (χ4v) is 4.60. The third kappa shape index (κ3) is 4.90. The van der Waals surface area contributed by atoms with Crippen LogP contribution in [0, 0.1) is 11.7 Å². The van der Waals surface area contributed by atoms with Crippen molar-refractivity contribution < 1.29 is 23.5 Å². The van der Waals surface area contributed by atoms with Gasteiger partial charge in [0, 0.05) is 24.7 Å². The van der Waals surface area contributed by atoms with Crippen LogP contribution < -0.4 is 10.1 Å². The molecule has 0 aliphatic carbocycles. The van der Waals surface area contributed by atoms with Gasteiger partial charge in [0.15, 0.2) is 5.69 Å². The van der Waals surface area contributed by atoms with Gasteiger partial charge in [-0.15, -0.1) is 0 Å². The number of methoxy groups -OCH3 is 1. The molecule has 1 saturated heterocycles. The van der Waals surface area contributed by atoms with Crippen LogP contribution in [0.1, 0.15) is 40.7 Å². The first-order valence-corrected chi connectivity index (χ1v) is 11.7. The third-order valence-corrected chi connectivity index (χ3v) is 6.68. The maximum absolute atomic E-state index is 13.2. The number of imidazole rings is 1. The molecular formula is C26H27FN4O4. The van der Waals surface area contributed by atoms with Crippen LogP contribution in [-0.2, 0) is 22.7 Å². The number of nitrogens with one attached hydrogen (secondary N) is 1. The van der Waals surface area contributed by atoms with Gasteiger partial charge in [-0.3, -0.25) is 9.59 Å². The van der Waals surface area contributed by atoms with Crippen molar-refractivity contribution in [1.29, 1.82) is 0 Å². The predicted octanol–water partition coefficient (Wildman–Crippen LogP) is 3.79. The van der Waals surface area contributed by atoms with Crippen LogP contribution in [0.15, 0.2) is 54.9 Å². The molecule has 0 bridgehead atoms. The highest BCUT2D eigenvalue weighted by Crippen LogP contribution is 2.30. The van der Waals surface area contributed by atoms with Crippen molar-refractivity contribution in [3.63, 3.8) is 0 Å². The van der Waals surface area contributed by atoms with Crippen molar-refractivity contribution >= 4 is 17.5 Å². The summed E-state index contributed by atoms with van der Waals surface area (Å²) in [5, 5.41) is 2.83. The van der Waals surface area contributed by atoms with E-state index in [0.29, 0.717) is 50.5 Å². The highest BCUT2D eigenvalue weighted by atomic mass is 19.1. The molecule has 0 radical (unpaired) electrons. The van der Waals surface area contributed by atoms with Gasteiger partial charge in [-0.2, -0.15) is 0 Å². The number of likely N-dealkylation sites (tertiary alicyclic amines) is 1. The molecule has 2 aliphatic rings. The Morgan fingerprint density at radius 2 is 1.80 bits per heavy atom.